The summed E-state index contributed by atoms with van der Waals surface area (Å²) in [7, 11) is 0. The molecule has 0 aromatic rings. The van der Waals surface area contributed by atoms with Gasteiger partial charge in [-0.2, -0.15) is 0 Å². The Kier molecular flexibility index (Phi) is 10.7. The third-order valence-corrected chi connectivity index (χ3v) is 6.59. The molecule has 0 heterocycles. The van der Waals surface area contributed by atoms with Gasteiger partial charge in [-0.15, -0.1) is 0 Å². The smallest absolute Gasteiger partial charge is 0.0264 e. The molecule has 2 aliphatic carbocycles. The summed E-state index contributed by atoms with van der Waals surface area (Å²) in [5.41, 5.74) is 0.697. The Morgan fingerprint density at radius 2 is 1.59 bits per heavy atom. The minimum absolute atomic E-state index is 0.697. The fourth-order valence-corrected chi connectivity index (χ4v) is 5.58. The van der Waals surface area contributed by atoms with Gasteiger partial charge in [0.1, 0.15) is 0 Å². The van der Waals surface area contributed by atoms with Crippen LogP contribution in [0, 0.1) is 35.0 Å². The van der Waals surface area contributed by atoms with Gasteiger partial charge in [-0.3, -0.25) is 0 Å². The van der Waals surface area contributed by atoms with E-state index in [0.29, 0.717) is 5.41 Å². The van der Waals surface area contributed by atoms with Crippen molar-refractivity contribution in [2.75, 3.05) is 0 Å². The molecule has 5 atom stereocenters. The summed E-state index contributed by atoms with van der Waals surface area (Å²) >= 11 is 0. The van der Waals surface area contributed by atoms with Gasteiger partial charge < -0.3 is 0 Å². The van der Waals surface area contributed by atoms with Gasteiger partial charge in [0.05, 0.1) is 0 Å². The van der Waals surface area contributed by atoms with Crippen molar-refractivity contribution in [3.8, 4) is 0 Å². The second-order valence-corrected chi connectivity index (χ2v) is 7.71. The summed E-state index contributed by atoms with van der Waals surface area (Å²) in [4.78, 5) is 0. The zero-order valence-electron chi connectivity index (χ0n) is 17.3. The van der Waals surface area contributed by atoms with Crippen LogP contribution >= 0.6 is 0 Å². The largest absolute Gasteiger partial charge is 0.0683 e. The quantitative estimate of drug-likeness (QED) is 0.483. The second kappa shape index (κ2) is 10.7. The SMILES string of the molecule is CC.CC.CCCCC1C(C(C)C)CC2(C)C(CC)CCC12. The highest BCUT2D eigenvalue weighted by Gasteiger charge is 2.56. The summed E-state index contributed by atoms with van der Waals surface area (Å²) in [5.74, 6) is 5.04. The van der Waals surface area contributed by atoms with Crippen LogP contribution in [0.5, 0.6) is 0 Å². The maximum atomic E-state index is 2.64. The number of hydrogen-bond acceptors (Lipinski definition) is 0. The standard InChI is InChI=1S/C18H34.2C2H6/c1-6-8-9-15-16(13(3)4)12-18(5)14(7-2)10-11-17(15)18;2*1-2/h13-17H,6-12H2,1-5H3;2*1-2H3. The van der Waals surface area contributed by atoms with E-state index in [1.54, 1.807) is 0 Å². The zero-order chi connectivity index (χ0) is 17.3. The molecule has 0 aromatic carbocycles. The maximum absolute atomic E-state index is 2.64. The molecular formula is C22H46. The van der Waals surface area contributed by atoms with Crippen molar-refractivity contribution in [1.29, 1.82) is 0 Å². The molecule has 2 saturated carbocycles. The average Bonchev–Trinajstić information content (AvgIpc) is 3.01. The molecule has 2 aliphatic rings. The minimum atomic E-state index is 0.697. The summed E-state index contributed by atoms with van der Waals surface area (Å²) in [6.45, 7) is 20.3. The first-order valence-electron chi connectivity index (χ1n) is 10.5. The number of rotatable bonds is 5. The molecular weight excluding hydrogens is 264 g/mol. The summed E-state index contributed by atoms with van der Waals surface area (Å²) < 4.78 is 0. The van der Waals surface area contributed by atoms with E-state index < -0.39 is 0 Å². The van der Waals surface area contributed by atoms with Gasteiger partial charge in [0.15, 0.2) is 0 Å². The van der Waals surface area contributed by atoms with Crippen molar-refractivity contribution in [2.24, 2.45) is 35.0 Å². The Morgan fingerprint density at radius 3 is 2.05 bits per heavy atom. The minimum Gasteiger partial charge on any atom is -0.0683 e. The van der Waals surface area contributed by atoms with Crippen molar-refractivity contribution in [1.82, 2.24) is 0 Å². The average molecular weight is 311 g/mol. The molecule has 0 bridgehead atoms. The predicted octanol–water partition coefficient (Wildman–Crippen LogP) is 7.96. The number of fused-ring (bicyclic) bond motifs is 1. The van der Waals surface area contributed by atoms with Gasteiger partial charge in [-0.25, -0.2) is 0 Å². The van der Waals surface area contributed by atoms with Gasteiger partial charge in [0.2, 0.25) is 0 Å². The molecule has 2 rings (SSSR count). The van der Waals surface area contributed by atoms with Crippen LogP contribution in [-0.2, 0) is 0 Å². The highest BCUT2D eigenvalue weighted by atomic mass is 14.6. The van der Waals surface area contributed by atoms with E-state index in [-0.39, 0.29) is 0 Å². The Morgan fingerprint density at radius 1 is 1.00 bits per heavy atom. The lowest BCUT2D eigenvalue weighted by Crippen LogP contribution is -2.25. The number of unbranched alkanes of at least 4 members (excludes halogenated alkanes) is 1. The lowest BCUT2D eigenvalue weighted by atomic mass is 9.73. The van der Waals surface area contributed by atoms with Crippen LogP contribution in [0.25, 0.3) is 0 Å². The van der Waals surface area contributed by atoms with Crippen LogP contribution in [0.2, 0.25) is 0 Å². The van der Waals surface area contributed by atoms with Gasteiger partial charge in [-0.1, -0.05) is 81.6 Å². The summed E-state index contributed by atoms with van der Waals surface area (Å²) in [5, 5.41) is 0. The fraction of sp³-hybridized carbons (Fsp3) is 1.00. The van der Waals surface area contributed by atoms with E-state index in [2.05, 4.69) is 34.6 Å². The van der Waals surface area contributed by atoms with Gasteiger partial charge in [-0.05, 0) is 60.7 Å². The molecule has 22 heavy (non-hydrogen) atoms. The van der Waals surface area contributed by atoms with E-state index in [1.807, 2.05) is 27.7 Å². The molecule has 0 spiro atoms. The molecule has 5 unspecified atom stereocenters. The summed E-state index contributed by atoms with van der Waals surface area (Å²) in [6.07, 6.45) is 10.3. The molecule has 134 valence electrons. The summed E-state index contributed by atoms with van der Waals surface area (Å²) in [6, 6.07) is 0. The van der Waals surface area contributed by atoms with Gasteiger partial charge in [0, 0.05) is 0 Å². The van der Waals surface area contributed by atoms with Gasteiger partial charge in [0.25, 0.3) is 0 Å². The van der Waals surface area contributed by atoms with Crippen LogP contribution < -0.4 is 0 Å². The maximum Gasteiger partial charge on any atom is -0.0264 e. The molecule has 0 aromatic heterocycles. The van der Waals surface area contributed by atoms with E-state index in [4.69, 9.17) is 0 Å². The highest BCUT2D eigenvalue weighted by molar-refractivity contribution is 5.05. The Bertz CT molecular complexity index is 267. The second-order valence-electron chi connectivity index (χ2n) is 7.71. The Balaban J connectivity index is 0.00000102. The van der Waals surface area contributed by atoms with Crippen LogP contribution in [-0.4, -0.2) is 0 Å². The van der Waals surface area contributed by atoms with Crippen molar-refractivity contribution in [3.05, 3.63) is 0 Å². The van der Waals surface area contributed by atoms with E-state index in [1.165, 1.54) is 44.9 Å². The van der Waals surface area contributed by atoms with E-state index >= 15 is 0 Å². The molecule has 0 aliphatic heterocycles. The first-order valence-corrected chi connectivity index (χ1v) is 10.5. The fourth-order valence-electron chi connectivity index (χ4n) is 5.58. The first-order chi connectivity index (χ1) is 10.5. The van der Waals surface area contributed by atoms with Crippen molar-refractivity contribution in [2.45, 2.75) is 107 Å². The number of hydrogen-bond donors (Lipinski definition) is 0. The third kappa shape index (κ3) is 4.51. The molecule has 2 fully saturated rings. The topological polar surface area (TPSA) is 0 Å². The molecule has 0 nitrogen and oxygen atoms in total. The van der Waals surface area contributed by atoms with Crippen molar-refractivity contribution >= 4 is 0 Å². The third-order valence-electron chi connectivity index (χ3n) is 6.59. The first kappa shape index (κ1) is 22.0. The van der Waals surface area contributed by atoms with Crippen LogP contribution in [0.3, 0.4) is 0 Å². The van der Waals surface area contributed by atoms with Crippen LogP contribution in [0.1, 0.15) is 107 Å². The van der Waals surface area contributed by atoms with Crippen molar-refractivity contribution in [3.63, 3.8) is 0 Å². The molecule has 0 N–H and O–H groups in total. The highest BCUT2D eigenvalue weighted by Crippen LogP contribution is 2.64. The monoisotopic (exact) mass is 310 g/mol. The Labute approximate surface area is 142 Å². The van der Waals surface area contributed by atoms with Crippen molar-refractivity contribution < 1.29 is 0 Å². The van der Waals surface area contributed by atoms with Gasteiger partial charge >= 0.3 is 0 Å². The lowest BCUT2D eigenvalue weighted by molar-refractivity contribution is 0.165. The lowest BCUT2D eigenvalue weighted by Gasteiger charge is -2.32. The van der Waals surface area contributed by atoms with E-state index in [9.17, 15) is 0 Å². The zero-order valence-corrected chi connectivity index (χ0v) is 17.3. The predicted molar refractivity (Wildman–Crippen MR) is 103 cm³/mol. The van der Waals surface area contributed by atoms with Crippen LogP contribution in [0.15, 0.2) is 0 Å². The van der Waals surface area contributed by atoms with E-state index in [0.717, 1.165) is 29.6 Å². The molecule has 0 saturated heterocycles. The molecule has 0 heteroatoms. The Hall–Kier alpha value is 0. The van der Waals surface area contributed by atoms with Crippen LogP contribution in [0.4, 0.5) is 0 Å². The molecule has 0 amide bonds. The molecule has 0 radical (unpaired) electrons. The normalized spacial score (nSPS) is 36.3.